The largest absolute Gasteiger partial charge is 0.495 e. The molecule has 3 aromatic rings. The van der Waals surface area contributed by atoms with Crippen molar-refractivity contribution in [2.45, 2.75) is 36.1 Å². The molecule has 1 aliphatic rings. The Morgan fingerprint density at radius 3 is 2.30 bits per heavy atom. The highest BCUT2D eigenvalue weighted by molar-refractivity contribution is 7.91. The summed E-state index contributed by atoms with van der Waals surface area (Å²) in [5.74, 6) is -0.698. The van der Waals surface area contributed by atoms with Crippen LogP contribution in [0.4, 0.5) is 21.0 Å². The number of halogens is 1. The Kier molecular flexibility index (Phi) is 9.59. The zero-order valence-corrected chi connectivity index (χ0v) is 26.4. The predicted octanol–water partition coefficient (Wildman–Crippen LogP) is 5.01. The molecule has 234 valence electrons. The fourth-order valence-electron chi connectivity index (χ4n) is 5.03. The van der Waals surface area contributed by atoms with Crippen LogP contribution in [0.2, 0.25) is 5.02 Å². The summed E-state index contributed by atoms with van der Waals surface area (Å²) in [4.78, 5) is 40.1. The molecule has 44 heavy (non-hydrogen) atoms. The molecule has 14 heteroatoms. The number of rotatable bonds is 10. The number of carbonyl (C=O) groups excluding carboxylic acids is 3. The Labute approximate surface area is 260 Å². The first-order valence-electron chi connectivity index (χ1n) is 13.7. The number of nitrogens with zero attached hydrogens (tertiary/aromatic N) is 1. The van der Waals surface area contributed by atoms with Crippen LogP contribution in [0.3, 0.4) is 0 Å². The lowest BCUT2D eigenvalue weighted by Gasteiger charge is -2.29. The molecule has 4 rings (SSSR count). The second-order valence-electron chi connectivity index (χ2n) is 9.55. The lowest BCUT2D eigenvalue weighted by Crippen LogP contribution is -2.51. The number of urea groups is 1. The Morgan fingerprint density at radius 2 is 1.68 bits per heavy atom. The van der Waals surface area contributed by atoms with Crippen LogP contribution < -0.4 is 25.4 Å². The van der Waals surface area contributed by atoms with Gasteiger partial charge in [0.15, 0.2) is 5.54 Å². The van der Waals surface area contributed by atoms with Gasteiger partial charge in [-0.05, 0) is 45.0 Å². The zero-order chi connectivity index (χ0) is 32.2. The summed E-state index contributed by atoms with van der Waals surface area (Å²) >= 11 is 6.54. The van der Waals surface area contributed by atoms with Crippen LogP contribution >= 0.6 is 11.6 Å². The number of benzene rings is 3. The number of anilines is 2. The Morgan fingerprint density at radius 1 is 0.977 bits per heavy atom. The number of carbonyl (C=O) groups is 3. The van der Waals surface area contributed by atoms with Gasteiger partial charge < -0.3 is 29.7 Å². The maximum Gasteiger partial charge on any atom is 0.408 e. The van der Waals surface area contributed by atoms with Crippen LogP contribution in [0.15, 0.2) is 64.4 Å². The van der Waals surface area contributed by atoms with E-state index in [1.54, 1.807) is 36.1 Å². The summed E-state index contributed by atoms with van der Waals surface area (Å²) in [5, 5.41) is 8.11. The first-order valence-corrected chi connectivity index (χ1v) is 15.6. The molecule has 0 bridgehead atoms. The minimum atomic E-state index is -4.44. The third kappa shape index (κ3) is 5.72. The lowest BCUT2D eigenvalue weighted by atomic mass is 9.83. The number of hydrogen-bond donors (Lipinski definition) is 3. The Bertz CT molecular complexity index is 1710. The van der Waals surface area contributed by atoms with E-state index in [4.69, 9.17) is 25.8 Å². The standard InChI is InChI=1S/C30H33ClN4O8S/c1-6-35(7-2)28(37)32-18-13-14-24(23(15-18)41-4)44(39,40)25-17-19(43-8-3)16-21-26(25)33-27(36)30(21,34-29(38)42-5)20-11-9-10-12-22(20)31/h9-17H,6-8H2,1-5H3,(H,32,37)(H,33,36)(H,34,38). The molecule has 3 aromatic carbocycles. The van der Waals surface area contributed by atoms with Gasteiger partial charge in [-0.2, -0.15) is 0 Å². The molecule has 0 saturated carbocycles. The van der Waals surface area contributed by atoms with E-state index in [0.717, 1.165) is 7.11 Å². The molecule has 0 aromatic heterocycles. The monoisotopic (exact) mass is 644 g/mol. The van der Waals surface area contributed by atoms with E-state index < -0.39 is 27.4 Å². The third-order valence-corrected chi connectivity index (χ3v) is 9.31. The first-order chi connectivity index (χ1) is 21.0. The van der Waals surface area contributed by atoms with Crippen LogP contribution in [0, 0.1) is 0 Å². The predicted molar refractivity (Wildman–Crippen MR) is 164 cm³/mol. The lowest BCUT2D eigenvalue weighted by molar-refractivity contribution is -0.120. The van der Waals surface area contributed by atoms with Gasteiger partial charge in [0.05, 0.1) is 31.4 Å². The fourth-order valence-corrected chi connectivity index (χ4v) is 6.90. The molecule has 0 fully saturated rings. The van der Waals surface area contributed by atoms with Gasteiger partial charge in [0.25, 0.3) is 5.91 Å². The van der Waals surface area contributed by atoms with E-state index in [2.05, 4.69) is 16.0 Å². The maximum atomic E-state index is 14.3. The van der Waals surface area contributed by atoms with Crippen molar-refractivity contribution in [3.05, 3.63) is 70.7 Å². The molecule has 1 heterocycles. The number of nitrogens with one attached hydrogen (secondary N) is 3. The highest BCUT2D eigenvalue weighted by Crippen LogP contribution is 2.49. The second-order valence-corrected chi connectivity index (χ2v) is 11.8. The van der Waals surface area contributed by atoms with E-state index in [9.17, 15) is 22.8 Å². The number of sulfone groups is 1. The summed E-state index contributed by atoms with van der Waals surface area (Å²) in [5.41, 5.74) is -1.48. The van der Waals surface area contributed by atoms with Crippen LogP contribution in [0.1, 0.15) is 31.9 Å². The molecule has 12 nitrogen and oxygen atoms in total. The number of hydrogen-bond acceptors (Lipinski definition) is 8. The molecular weight excluding hydrogens is 612 g/mol. The number of alkyl carbamates (subject to hydrolysis) is 1. The zero-order valence-electron chi connectivity index (χ0n) is 24.8. The van der Waals surface area contributed by atoms with Crippen LogP contribution in [-0.2, 0) is 24.9 Å². The van der Waals surface area contributed by atoms with Gasteiger partial charge in [0, 0.05) is 47.1 Å². The highest BCUT2D eigenvalue weighted by Gasteiger charge is 2.53. The first kappa shape index (κ1) is 32.4. The van der Waals surface area contributed by atoms with E-state index >= 15 is 0 Å². The van der Waals surface area contributed by atoms with Crippen LogP contribution in [0.25, 0.3) is 0 Å². The van der Waals surface area contributed by atoms with Crippen molar-refractivity contribution in [2.24, 2.45) is 0 Å². The Balaban J connectivity index is 1.94. The minimum absolute atomic E-state index is 0.0488. The summed E-state index contributed by atoms with van der Waals surface area (Å²) in [6.45, 7) is 6.54. The topological polar surface area (TPSA) is 152 Å². The fraction of sp³-hybridized carbons (Fsp3) is 0.300. The number of ether oxygens (including phenoxy) is 3. The van der Waals surface area contributed by atoms with E-state index in [1.807, 2.05) is 13.8 Å². The number of fused-ring (bicyclic) bond motifs is 1. The SMILES string of the molecule is CCOc1cc2c(c(S(=O)(=O)c3ccc(NC(=O)N(CC)CC)cc3OC)c1)NC(=O)C2(NC(=O)OC)c1ccccc1Cl. The van der Waals surface area contributed by atoms with Crippen molar-refractivity contribution in [3.8, 4) is 11.5 Å². The van der Waals surface area contributed by atoms with Gasteiger partial charge in [0.1, 0.15) is 16.4 Å². The average Bonchev–Trinajstić information content (AvgIpc) is 3.28. The molecule has 0 radical (unpaired) electrons. The molecule has 3 N–H and O–H groups in total. The van der Waals surface area contributed by atoms with Gasteiger partial charge in [0.2, 0.25) is 9.84 Å². The van der Waals surface area contributed by atoms with Gasteiger partial charge in [-0.25, -0.2) is 18.0 Å². The Hall–Kier alpha value is -4.49. The molecule has 1 atom stereocenters. The van der Waals surface area contributed by atoms with Crippen LogP contribution in [0.5, 0.6) is 11.5 Å². The normalized spacial score (nSPS) is 15.5. The van der Waals surface area contributed by atoms with Gasteiger partial charge in [-0.15, -0.1) is 0 Å². The van der Waals surface area contributed by atoms with E-state index in [-0.39, 0.29) is 55.8 Å². The molecule has 4 amide bonds. The van der Waals surface area contributed by atoms with E-state index in [1.165, 1.54) is 37.4 Å². The molecule has 0 aliphatic carbocycles. The second kappa shape index (κ2) is 13.0. The molecule has 0 spiro atoms. The van der Waals surface area contributed by atoms with Crippen LogP contribution in [-0.4, -0.2) is 65.3 Å². The number of amides is 4. The molecule has 0 saturated heterocycles. The van der Waals surface area contributed by atoms with Crippen molar-refractivity contribution in [2.75, 3.05) is 44.5 Å². The number of methoxy groups -OCH3 is 2. The maximum absolute atomic E-state index is 14.3. The summed E-state index contributed by atoms with van der Waals surface area (Å²) < 4.78 is 44.7. The quantitative estimate of drug-likeness (QED) is 0.279. The summed E-state index contributed by atoms with van der Waals surface area (Å²) in [6.07, 6.45) is -0.955. The summed E-state index contributed by atoms with van der Waals surface area (Å²) in [6, 6.07) is 12.9. The van der Waals surface area contributed by atoms with Gasteiger partial charge in [-0.3, -0.25) is 10.1 Å². The van der Waals surface area contributed by atoms with Crippen molar-refractivity contribution in [1.29, 1.82) is 0 Å². The average molecular weight is 645 g/mol. The van der Waals surface area contributed by atoms with Crippen molar-refractivity contribution in [1.82, 2.24) is 10.2 Å². The molecular formula is C30H33ClN4O8S. The van der Waals surface area contributed by atoms with Gasteiger partial charge in [-0.1, -0.05) is 29.8 Å². The van der Waals surface area contributed by atoms with Crippen molar-refractivity contribution in [3.63, 3.8) is 0 Å². The van der Waals surface area contributed by atoms with E-state index in [0.29, 0.717) is 18.8 Å². The van der Waals surface area contributed by atoms with Crippen molar-refractivity contribution >= 4 is 50.8 Å². The minimum Gasteiger partial charge on any atom is -0.495 e. The molecule has 1 aliphatic heterocycles. The van der Waals surface area contributed by atoms with Crippen molar-refractivity contribution < 1.29 is 37.0 Å². The smallest absolute Gasteiger partial charge is 0.408 e. The third-order valence-electron chi connectivity index (χ3n) is 7.17. The molecule has 1 unspecified atom stereocenters. The van der Waals surface area contributed by atoms with Gasteiger partial charge >= 0.3 is 12.1 Å². The summed E-state index contributed by atoms with van der Waals surface area (Å²) in [7, 11) is -2.00. The highest BCUT2D eigenvalue weighted by atomic mass is 35.5.